The van der Waals surface area contributed by atoms with Crippen molar-refractivity contribution in [1.29, 1.82) is 0 Å². The summed E-state index contributed by atoms with van der Waals surface area (Å²) in [5, 5.41) is 48.1. The third-order valence-corrected chi connectivity index (χ3v) is 11.4. The van der Waals surface area contributed by atoms with E-state index in [0.29, 0.717) is 35.1 Å². The second-order valence-electron chi connectivity index (χ2n) is 13.6. The van der Waals surface area contributed by atoms with Gasteiger partial charge in [0.15, 0.2) is 11.4 Å². The molecule has 4 fully saturated rings. The summed E-state index contributed by atoms with van der Waals surface area (Å²) in [5.41, 5.74) is 3.35. The summed E-state index contributed by atoms with van der Waals surface area (Å²) in [6.07, 6.45) is 2.37. The first kappa shape index (κ1) is 28.7. The van der Waals surface area contributed by atoms with E-state index < -0.39 is 52.0 Å². The molecule has 10 heteroatoms. The summed E-state index contributed by atoms with van der Waals surface area (Å²) in [5.74, 6) is -3.21. The molecule has 10 nitrogen and oxygen atoms in total. The number of carbonyl (C=O) groups excluding carboxylic acids is 3. The lowest BCUT2D eigenvalue weighted by atomic mass is 9.40. The Morgan fingerprint density at radius 3 is 2.50 bits per heavy atom. The van der Waals surface area contributed by atoms with E-state index in [0.717, 1.165) is 23.9 Å². The third kappa shape index (κ3) is 3.73. The van der Waals surface area contributed by atoms with Crippen LogP contribution in [0.2, 0.25) is 0 Å². The highest BCUT2D eigenvalue weighted by molar-refractivity contribution is 6.22. The van der Waals surface area contributed by atoms with Gasteiger partial charge in [0.05, 0.1) is 12.7 Å². The summed E-state index contributed by atoms with van der Waals surface area (Å²) in [7, 11) is 1.52. The van der Waals surface area contributed by atoms with Gasteiger partial charge in [0, 0.05) is 35.6 Å². The van der Waals surface area contributed by atoms with Crippen LogP contribution in [0.3, 0.4) is 0 Å². The Kier molecular flexibility index (Phi) is 6.55. The van der Waals surface area contributed by atoms with Crippen molar-refractivity contribution in [2.75, 3.05) is 13.7 Å². The number of amides is 1. The van der Waals surface area contributed by atoms with Crippen molar-refractivity contribution >= 4 is 23.2 Å². The zero-order valence-corrected chi connectivity index (χ0v) is 24.5. The maximum atomic E-state index is 13.7. The first-order valence-corrected chi connectivity index (χ1v) is 14.8. The number of phenols is 1. The van der Waals surface area contributed by atoms with Crippen LogP contribution in [0.1, 0.15) is 63.1 Å². The number of carbonyl (C=O) groups is 3. The van der Waals surface area contributed by atoms with Gasteiger partial charge in [-0.2, -0.15) is 0 Å². The number of aliphatic hydroxyl groups is 3. The van der Waals surface area contributed by atoms with E-state index in [-0.39, 0.29) is 36.1 Å². The molecule has 4 unspecified atom stereocenters. The molecule has 6 aliphatic rings. The number of ether oxygens (including phenoxy) is 1. The number of aromatic hydroxyl groups is 1. The van der Waals surface area contributed by atoms with Gasteiger partial charge in [-0.25, -0.2) is 0 Å². The monoisotopic (exact) mass is 580 g/mol. The molecule has 42 heavy (non-hydrogen) atoms. The number of benzene rings is 1. The van der Waals surface area contributed by atoms with Crippen LogP contribution in [0.4, 0.5) is 0 Å². The molecule has 0 aliphatic heterocycles. The van der Waals surface area contributed by atoms with Gasteiger partial charge >= 0.3 is 0 Å². The van der Waals surface area contributed by atoms with Crippen LogP contribution in [-0.4, -0.2) is 57.2 Å². The van der Waals surface area contributed by atoms with Crippen molar-refractivity contribution < 1.29 is 39.5 Å². The van der Waals surface area contributed by atoms with Gasteiger partial charge in [0.2, 0.25) is 5.78 Å². The number of hydrogen-bond donors (Lipinski definition) is 6. The first-order chi connectivity index (χ1) is 19.7. The summed E-state index contributed by atoms with van der Waals surface area (Å²) in [6.45, 7) is 8.40. The fourth-order valence-corrected chi connectivity index (χ4v) is 9.72. The lowest BCUT2D eigenvalue weighted by Gasteiger charge is -2.65. The number of primary amides is 1. The molecule has 7 atom stereocenters. The van der Waals surface area contributed by atoms with Crippen LogP contribution in [-0.2, 0) is 27.3 Å². The van der Waals surface area contributed by atoms with Crippen molar-refractivity contribution in [2.45, 2.75) is 65.0 Å². The number of methoxy groups -OCH3 is 1. The fraction of sp³-hybridized carbons (Fsp3) is 0.594. The number of phenolic OH excluding ortho intramolecular Hbond substituents is 1. The summed E-state index contributed by atoms with van der Waals surface area (Å²) in [6, 6.07) is 1.52. The number of Topliss-reactive ketones (excluding diaryl/α,β-unsaturated/α-hetero) is 2. The molecule has 6 aliphatic carbocycles. The van der Waals surface area contributed by atoms with Gasteiger partial charge in [-0.3, -0.25) is 14.4 Å². The standard InChI is InChI=1S/C32H40N2O8/c1-13-19-6-5-14(25(13)31(19,2)3)11-34-12-16-9-20(35)23-18(27(16)42-4)8-15-7-17-10-21(36)24(30(33)40)29(39)32(17,41)28(38)22(15)26(23)37/h9,13-15,17,19,25,34-35,37,39,41H,5-8,10-12H2,1-4H3,(H2,33,40)/t13?,14-,15?,17-,19?,25?,32-/m0/s1. The van der Waals surface area contributed by atoms with Crippen LogP contribution in [0.25, 0.3) is 5.76 Å². The minimum absolute atomic E-state index is 0.0334. The van der Waals surface area contributed by atoms with Gasteiger partial charge in [0.1, 0.15) is 28.6 Å². The Balaban J connectivity index is 1.31. The average Bonchev–Trinajstić information content (AvgIpc) is 2.90. The molecule has 226 valence electrons. The van der Waals surface area contributed by atoms with Gasteiger partial charge < -0.3 is 36.2 Å². The molecule has 0 radical (unpaired) electrons. The molecule has 0 saturated heterocycles. The Morgan fingerprint density at radius 1 is 1.17 bits per heavy atom. The second kappa shape index (κ2) is 9.57. The van der Waals surface area contributed by atoms with E-state index >= 15 is 0 Å². The largest absolute Gasteiger partial charge is 0.508 e. The third-order valence-electron chi connectivity index (χ3n) is 11.4. The maximum Gasteiger partial charge on any atom is 0.255 e. The van der Waals surface area contributed by atoms with Crippen LogP contribution in [0, 0.1) is 40.9 Å². The van der Waals surface area contributed by atoms with Crippen LogP contribution >= 0.6 is 0 Å². The van der Waals surface area contributed by atoms with Crippen LogP contribution in [0.15, 0.2) is 23.0 Å². The number of fused-ring (bicyclic) bond motifs is 5. The number of ketones is 2. The highest BCUT2D eigenvalue weighted by Gasteiger charge is 2.61. The molecule has 0 aromatic heterocycles. The minimum atomic E-state index is -2.58. The van der Waals surface area contributed by atoms with Crippen molar-refractivity contribution in [3.05, 3.63) is 39.7 Å². The average molecular weight is 581 g/mol. The number of nitrogens with one attached hydrogen (secondary N) is 1. The number of nitrogens with two attached hydrogens (primary N) is 1. The summed E-state index contributed by atoms with van der Waals surface area (Å²) in [4.78, 5) is 38.1. The molecule has 0 heterocycles. The number of hydrogen-bond acceptors (Lipinski definition) is 9. The van der Waals surface area contributed by atoms with Crippen LogP contribution in [0.5, 0.6) is 11.5 Å². The molecule has 0 spiro atoms. The van der Waals surface area contributed by atoms with Crippen LogP contribution < -0.4 is 15.8 Å². The Bertz CT molecular complexity index is 1470. The van der Waals surface area contributed by atoms with Gasteiger partial charge in [-0.15, -0.1) is 0 Å². The van der Waals surface area contributed by atoms with Crippen molar-refractivity contribution in [2.24, 2.45) is 46.7 Å². The SMILES string of the molecule is COc1c(CNC[C@@H]2CCC3C(C)C2C3(C)C)cc(O)c2c1CC1C[C@H]3CC(=O)C(C(N)=O)=C(O)[C@@]3(O)C(=O)C1=C2O. The molecule has 7 rings (SSSR count). The second-order valence-corrected chi connectivity index (χ2v) is 13.6. The van der Waals surface area contributed by atoms with E-state index in [9.17, 15) is 34.8 Å². The van der Waals surface area contributed by atoms with Gasteiger partial charge in [-0.05, 0) is 73.3 Å². The zero-order chi connectivity index (χ0) is 30.5. The molecule has 1 amide bonds. The minimum Gasteiger partial charge on any atom is -0.508 e. The summed E-state index contributed by atoms with van der Waals surface area (Å²) >= 11 is 0. The Hall–Kier alpha value is -3.37. The predicted molar refractivity (Wildman–Crippen MR) is 152 cm³/mol. The smallest absolute Gasteiger partial charge is 0.255 e. The van der Waals surface area contributed by atoms with E-state index in [2.05, 4.69) is 26.1 Å². The molecular weight excluding hydrogens is 540 g/mol. The molecule has 1 aromatic rings. The topological polar surface area (TPSA) is 179 Å². The zero-order valence-electron chi connectivity index (χ0n) is 24.5. The van der Waals surface area contributed by atoms with E-state index in [1.165, 1.54) is 26.0 Å². The highest BCUT2D eigenvalue weighted by atomic mass is 16.5. The lowest BCUT2D eigenvalue weighted by molar-refractivity contribution is -0.160. The number of aliphatic hydroxyl groups excluding tert-OH is 2. The van der Waals surface area contributed by atoms with Crippen molar-refractivity contribution in [3.63, 3.8) is 0 Å². The Morgan fingerprint density at radius 2 is 1.88 bits per heavy atom. The summed E-state index contributed by atoms with van der Waals surface area (Å²) < 4.78 is 5.80. The molecule has 1 aromatic carbocycles. The molecule has 4 saturated carbocycles. The normalized spacial score (nSPS) is 34.8. The van der Waals surface area contributed by atoms with Crippen molar-refractivity contribution in [3.8, 4) is 11.5 Å². The van der Waals surface area contributed by atoms with Gasteiger partial charge in [0.25, 0.3) is 5.91 Å². The highest BCUT2D eigenvalue weighted by Crippen LogP contribution is 2.64. The van der Waals surface area contributed by atoms with Gasteiger partial charge in [-0.1, -0.05) is 20.8 Å². The fourth-order valence-electron chi connectivity index (χ4n) is 9.72. The lowest BCUT2D eigenvalue weighted by Crippen LogP contribution is -2.60. The molecule has 2 bridgehead atoms. The van der Waals surface area contributed by atoms with E-state index in [1.807, 2.05) is 0 Å². The maximum absolute atomic E-state index is 13.7. The quantitative estimate of drug-likeness (QED) is 0.276. The molecule has 7 N–H and O–H groups in total. The Labute approximate surface area is 244 Å². The first-order valence-electron chi connectivity index (χ1n) is 14.8. The predicted octanol–water partition coefficient (Wildman–Crippen LogP) is 2.84. The number of rotatable bonds is 6. The molecular formula is C32H40N2O8. The van der Waals surface area contributed by atoms with Crippen molar-refractivity contribution in [1.82, 2.24) is 5.32 Å². The van der Waals surface area contributed by atoms with E-state index in [1.54, 1.807) is 0 Å². The van der Waals surface area contributed by atoms with E-state index in [4.69, 9.17) is 10.5 Å².